The van der Waals surface area contributed by atoms with E-state index in [1.165, 1.54) is 0 Å². The number of hydrogen-bond donors (Lipinski definition) is 1. The number of ether oxygens (including phenoxy) is 1. The molecule has 5 nitrogen and oxygen atoms in total. The summed E-state index contributed by atoms with van der Waals surface area (Å²) < 4.78 is 5.16. The first-order valence-corrected chi connectivity index (χ1v) is 8.24. The van der Waals surface area contributed by atoms with E-state index >= 15 is 0 Å². The third-order valence-electron chi connectivity index (χ3n) is 3.58. The fraction of sp³-hybridized carbons (Fsp3) is 0.938. The molecule has 0 saturated carbocycles. The molecule has 0 spiro atoms. The molecular weight excluding hydrogens is 266 g/mol. The van der Waals surface area contributed by atoms with Crippen LogP contribution < -0.4 is 5.32 Å². The molecule has 0 aliphatic rings. The summed E-state index contributed by atoms with van der Waals surface area (Å²) >= 11 is 0. The lowest BCUT2D eigenvalue weighted by molar-refractivity contribution is -0.146. The van der Waals surface area contributed by atoms with E-state index in [4.69, 9.17) is 4.74 Å². The van der Waals surface area contributed by atoms with Crippen LogP contribution in [0.3, 0.4) is 0 Å². The van der Waals surface area contributed by atoms with Crippen LogP contribution in [0, 0.1) is 0 Å². The Bertz CT molecular complexity index is 272. The second-order valence-electron chi connectivity index (χ2n) is 5.79. The van der Waals surface area contributed by atoms with Gasteiger partial charge in [0.1, 0.15) is 6.04 Å². The predicted molar refractivity (Wildman–Crippen MR) is 88.6 cm³/mol. The number of rotatable bonds is 12. The van der Waals surface area contributed by atoms with Crippen LogP contribution in [0.2, 0.25) is 0 Å². The van der Waals surface area contributed by atoms with Crippen LogP contribution in [-0.2, 0) is 9.53 Å². The standard InChI is InChI=1S/C16H35N3O2/c1-7-11-17-15(16(20)21-9-3)10-12-19(8-2)14(4)13-18(5)6/h14-15,17H,7-13H2,1-6H3. The highest BCUT2D eigenvalue weighted by molar-refractivity contribution is 5.75. The van der Waals surface area contributed by atoms with Gasteiger partial charge in [-0.25, -0.2) is 0 Å². The molecule has 0 amide bonds. The van der Waals surface area contributed by atoms with Crippen LogP contribution in [0.1, 0.15) is 40.5 Å². The average molecular weight is 301 g/mol. The average Bonchev–Trinajstić information content (AvgIpc) is 2.42. The van der Waals surface area contributed by atoms with E-state index in [9.17, 15) is 4.79 Å². The molecule has 0 aliphatic carbocycles. The summed E-state index contributed by atoms with van der Waals surface area (Å²) in [4.78, 5) is 16.6. The Morgan fingerprint density at radius 3 is 2.38 bits per heavy atom. The molecule has 2 unspecified atom stereocenters. The van der Waals surface area contributed by atoms with Crippen molar-refractivity contribution in [1.29, 1.82) is 0 Å². The van der Waals surface area contributed by atoms with Crippen LogP contribution >= 0.6 is 0 Å². The van der Waals surface area contributed by atoms with Gasteiger partial charge in [0.15, 0.2) is 0 Å². The van der Waals surface area contributed by atoms with Crippen molar-refractivity contribution in [2.45, 2.75) is 52.6 Å². The molecule has 0 bridgehead atoms. The first-order chi connectivity index (χ1) is 9.96. The van der Waals surface area contributed by atoms with Crippen LogP contribution in [0.15, 0.2) is 0 Å². The van der Waals surface area contributed by atoms with Gasteiger partial charge in [0, 0.05) is 19.1 Å². The molecule has 0 rings (SSSR count). The maximum absolute atomic E-state index is 12.0. The molecular formula is C16H35N3O2. The molecule has 0 aromatic carbocycles. The second kappa shape index (κ2) is 12.0. The Morgan fingerprint density at radius 2 is 1.90 bits per heavy atom. The first-order valence-electron chi connectivity index (χ1n) is 8.24. The van der Waals surface area contributed by atoms with Crippen LogP contribution in [0.4, 0.5) is 0 Å². The molecule has 0 saturated heterocycles. The van der Waals surface area contributed by atoms with Gasteiger partial charge in [-0.1, -0.05) is 13.8 Å². The quantitative estimate of drug-likeness (QED) is 0.555. The van der Waals surface area contributed by atoms with Gasteiger partial charge in [0.25, 0.3) is 0 Å². The highest BCUT2D eigenvalue weighted by atomic mass is 16.5. The normalized spacial score (nSPS) is 14.5. The molecule has 1 N–H and O–H groups in total. The number of carbonyl (C=O) groups is 1. The van der Waals surface area contributed by atoms with Crippen LogP contribution in [0.25, 0.3) is 0 Å². The minimum atomic E-state index is -0.189. The van der Waals surface area contributed by atoms with Gasteiger partial charge in [0.05, 0.1) is 6.61 Å². The van der Waals surface area contributed by atoms with E-state index in [0.717, 1.165) is 39.0 Å². The summed E-state index contributed by atoms with van der Waals surface area (Å²) in [6.45, 7) is 12.6. The minimum absolute atomic E-state index is 0.123. The Hall–Kier alpha value is -0.650. The molecule has 21 heavy (non-hydrogen) atoms. The molecule has 5 heteroatoms. The molecule has 126 valence electrons. The predicted octanol–water partition coefficient (Wildman–Crippen LogP) is 1.58. The SMILES string of the molecule is CCCNC(CCN(CC)C(C)CN(C)C)C(=O)OCC. The molecule has 2 atom stereocenters. The highest BCUT2D eigenvalue weighted by Gasteiger charge is 2.21. The third kappa shape index (κ3) is 9.06. The van der Waals surface area contributed by atoms with Gasteiger partial charge in [0.2, 0.25) is 0 Å². The van der Waals surface area contributed by atoms with Crippen molar-refractivity contribution in [1.82, 2.24) is 15.1 Å². The molecule has 0 radical (unpaired) electrons. The summed E-state index contributed by atoms with van der Waals surface area (Å²) in [7, 11) is 4.18. The molecule has 0 fully saturated rings. The lowest BCUT2D eigenvalue weighted by Crippen LogP contribution is -2.45. The molecule has 0 aromatic rings. The number of carbonyl (C=O) groups excluding carboxylic acids is 1. The monoisotopic (exact) mass is 301 g/mol. The zero-order valence-electron chi connectivity index (χ0n) is 14.8. The maximum Gasteiger partial charge on any atom is 0.323 e. The van der Waals surface area contributed by atoms with Crippen molar-refractivity contribution >= 4 is 5.97 Å². The van der Waals surface area contributed by atoms with Crippen molar-refractivity contribution in [3.63, 3.8) is 0 Å². The summed E-state index contributed by atoms with van der Waals surface area (Å²) in [5, 5.41) is 3.30. The lowest BCUT2D eigenvalue weighted by atomic mass is 10.1. The number of hydrogen-bond acceptors (Lipinski definition) is 5. The zero-order chi connectivity index (χ0) is 16.3. The number of esters is 1. The molecule has 0 aromatic heterocycles. The molecule has 0 heterocycles. The molecule has 0 aliphatic heterocycles. The van der Waals surface area contributed by atoms with E-state index in [-0.39, 0.29) is 12.0 Å². The zero-order valence-corrected chi connectivity index (χ0v) is 14.8. The lowest BCUT2D eigenvalue weighted by Gasteiger charge is -2.31. The van der Waals surface area contributed by atoms with Crippen molar-refractivity contribution < 1.29 is 9.53 Å². The Morgan fingerprint density at radius 1 is 1.24 bits per heavy atom. The van der Waals surface area contributed by atoms with Gasteiger partial charge in [-0.2, -0.15) is 0 Å². The van der Waals surface area contributed by atoms with E-state index in [2.05, 4.69) is 50.0 Å². The van der Waals surface area contributed by atoms with E-state index in [1.807, 2.05) is 6.92 Å². The van der Waals surface area contributed by atoms with Crippen molar-refractivity contribution in [2.24, 2.45) is 0 Å². The summed E-state index contributed by atoms with van der Waals surface area (Å²) in [5.74, 6) is -0.123. The van der Waals surface area contributed by atoms with Crippen molar-refractivity contribution in [3.05, 3.63) is 0 Å². The number of likely N-dealkylation sites (N-methyl/N-ethyl adjacent to an activating group) is 2. The van der Waals surface area contributed by atoms with Crippen molar-refractivity contribution in [2.75, 3.05) is 46.9 Å². The Kier molecular flexibility index (Phi) is 11.6. The second-order valence-corrected chi connectivity index (χ2v) is 5.79. The fourth-order valence-electron chi connectivity index (χ4n) is 2.49. The van der Waals surface area contributed by atoms with Gasteiger partial charge in [-0.15, -0.1) is 0 Å². The maximum atomic E-state index is 12.0. The van der Waals surface area contributed by atoms with E-state index in [1.54, 1.807) is 0 Å². The largest absolute Gasteiger partial charge is 0.465 e. The highest BCUT2D eigenvalue weighted by Crippen LogP contribution is 2.05. The van der Waals surface area contributed by atoms with Crippen LogP contribution in [-0.4, -0.2) is 74.7 Å². The van der Waals surface area contributed by atoms with Crippen molar-refractivity contribution in [3.8, 4) is 0 Å². The number of nitrogens with one attached hydrogen (secondary N) is 1. The number of nitrogens with zero attached hydrogens (tertiary/aromatic N) is 2. The fourth-order valence-corrected chi connectivity index (χ4v) is 2.49. The minimum Gasteiger partial charge on any atom is -0.465 e. The third-order valence-corrected chi connectivity index (χ3v) is 3.58. The Labute approximate surface area is 131 Å². The first kappa shape index (κ1) is 20.3. The topological polar surface area (TPSA) is 44.8 Å². The summed E-state index contributed by atoms with van der Waals surface area (Å²) in [6.07, 6.45) is 1.81. The Balaban J connectivity index is 4.43. The smallest absolute Gasteiger partial charge is 0.323 e. The van der Waals surface area contributed by atoms with E-state index in [0.29, 0.717) is 12.6 Å². The van der Waals surface area contributed by atoms with Gasteiger partial charge >= 0.3 is 5.97 Å². The van der Waals surface area contributed by atoms with Gasteiger partial charge in [-0.3, -0.25) is 9.69 Å². The van der Waals surface area contributed by atoms with E-state index < -0.39 is 0 Å². The summed E-state index contributed by atoms with van der Waals surface area (Å²) in [5.41, 5.74) is 0. The van der Waals surface area contributed by atoms with Gasteiger partial charge < -0.3 is 15.0 Å². The summed E-state index contributed by atoms with van der Waals surface area (Å²) in [6, 6.07) is 0.296. The van der Waals surface area contributed by atoms with Gasteiger partial charge in [-0.05, 0) is 53.9 Å². The van der Waals surface area contributed by atoms with Crippen LogP contribution in [0.5, 0.6) is 0 Å².